The standard InChI is InChI=1S/C9H10N4O2S2/c14-17(15,8-4-2-1-3-5-8)11-9(16)13-7-6-10-12-13/h1-5H,6-7H2,(H,11,16). The zero-order valence-electron chi connectivity index (χ0n) is 8.78. The van der Waals surface area contributed by atoms with Crippen LogP contribution in [0.2, 0.25) is 0 Å². The molecule has 0 radical (unpaired) electrons. The second kappa shape index (κ2) is 4.76. The lowest BCUT2D eigenvalue weighted by molar-refractivity contribution is 0.491. The van der Waals surface area contributed by atoms with Crippen LogP contribution in [0, 0.1) is 0 Å². The number of nitrogens with one attached hydrogen (secondary N) is 1. The van der Waals surface area contributed by atoms with Crippen LogP contribution in [0.5, 0.6) is 0 Å². The van der Waals surface area contributed by atoms with Gasteiger partial charge in [-0.2, -0.15) is 5.11 Å². The van der Waals surface area contributed by atoms with Gasteiger partial charge >= 0.3 is 0 Å². The summed E-state index contributed by atoms with van der Waals surface area (Å²) in [6.45, 7) is 1.02. The summed E-state index contributed by atoms with van der Waals surface area (Å²) >= 11 is 4.94. The molecule has 2 rings (SSSR count). The molecule has 0 saturated heterocycles. The fourth-order valence-electron chi connectivity index (χ4n) is 1.27. The predicted octanol–water partition coefficient (Wildman–Crippen LogP) is 0.933. The lowest BCUT2D eigenvalue weighted by atomic mass is 10.4. The average Bonchev–Trinajstić information content (AvgIpc) is 2.83. The topological polar surface area (TPSA) is 74.1 Å². The van der Waals surface area contributed by atoms with E-state index in [1.807, 2.05) is 0 Å². The van der Waals surface area contributed by atoms with E-state index < -0.39 is 10.0 Å². The first-order valence-electron chi connectivity index (χ1n) is 4.86. The maximum atomic E-state index is 11.9. The fourth-order valence-corrected chi connectivity index (χ4v) is 2.70. The number of nitrogens with zero attached hydrogens (tertiary/aromatic N) is 3. The summed E-state index contributed by atoms with van der Waals surface area (Å²) in [6.07, 6.45) is 0. The maximum absolute atomic E-state index is 11.9. The Morgan fingerprint density at radius 1 is 1.35 bits per heavy atom. The first-order valence-corrected chi connectivity index (χ1v) is 6.75. The minimum absolute atomic E-state index is 0.0371. The highest BCUT2D eigenvalue weighted by Crippen LogP contribution is 2.09. The molecule has 1 N–H and O–H groups in total. The van der Waals surface area contributed by atoms with Crippen molar-refractivity contribution in [2.75, 3.05) is 13.1 Å². The highest BCUT2D eigenvalue weighted by molar-refractivity contribution is 7.91. The van der Waals surface area contributed by atoms with Crippen LogP contribution in [0.4, 0.5) is 0 Å². The smallest absolute Gasteiger partial charge is 0.254 e. The SMILES string of the molecule is O=S(=O)(NC(=S)N1CCN=N1)c1ccccc1. The van der Waals surface area contributed by atoms with E-state index in [4.69, 9.17) is 12.2 Å². The maximum Gasteiger partial charge on any atom is 0.263 e. The van der Waals surface area contributed by atoms with Gasteiger partial charge in [0, 0.05) is 0 Å². The molecular formula is C9H10N4O2S2. The van der Waals surface area contributed by atoms with Crippen LogP contribution in [-0.2, 0) is 10.0 Å². The predicted molar refractivity (Wildman–Crippen MR) is 65.8 cm³/mol. The summed E-state index contributed by atoms with van der Waals surface area (Å²) in [6, 6.07) is 8.03. The molecule has 1 aromatic carbocycles. The van der Waals surface area contributed by atoms with Crippen LogP contribution >= 0.6 is 12.2 Å². The van der Waals surface area contributed by atoms with Crippen molar-refractivity contribution < 1.29 is 8.42 Å². The van der Waals surface area contributed by atoms with E-state index in [9.17, 15) is 8.42 Å². The van der Waals surface area contributed by atoms with Gasteiger partial charge in [-0.05, 0) is 24.4 Å². The first kappa shape index (κ1) is 11.9. The minimum atomic E-state index is -3.63. The molecule has 1 aliphatic heterocycles. The van der Waals surface area contributed by atoms with Crippen LogP contribution in [0.1, 0.15) is 0 Å². The number of hydrogen-bond acceptors (Lipinski definition) is 5. The number of benzene rings is 1. The molecule has 0 bridgehead atoms. The molecule has 0 unspecified atom stereocenters. The van der Waals surface area contributed by atoms with E-state index >= 15 is 0 Å². The van der Waals surface area contributed by atoms with Crippen molar-refractivity contribution in [3.8, 4) is 0 Å². The summed E-state index contributed by atoms with van der Waals surface area (Å²) < 4.78 is 26.1. The molecule has 0 aromatic heterocycles. The number of sulfonamides is 1. The van der Waals surface area contributed by atoms with Crippen molar-refractivity contribution >= 4 is 27.4 Å². The molecule has 6 nitrogen and oxygen atoms in total. The highest BCUT2D eigenvalue weighted by Gasteiger charge is 2.20. The summed E-state index contributed by atoms with van der Waals surface area (Å²) in [7, 11) is -3.63. The molecule has 1 heterocycles. The van der Waals surface area contributed by atoms with Crippen molar-refractivity contribution in [2.45, 2.75) is 4.90 Å². The Balaban J connectivity index is 2.13. The number of thiocarbonyl (C=S) groups is 1. The van der Waals surface area contributed by atoms with Gasteiger partial charge in [-0.1, -0.05) is 23.4 Å². The third-order valence-corrected chi connectivity index (χ3v) is 3.89. The molecule has 0 spiro atoms. The Hall–Kier alpha value is -1.54. The first-order chi connectivity index (χ1) is 8.09. The van der Waals surface area contributed by atoms with E-state index in [1.165, 1.54) is 17.1 Å². The van der Waals surface area contributed by atoms with Crippen molar-refractivity contribution in [1.29, 1.82) is 0 Å². The van der Waals surface area contributed by atoms with Gasteiger partial charge in [0.15, 0.2) is 0 Å². The highest BCUT2D eigenvalue weighted by atomic mass is 32.2. The van der Waals surface area contributed by atoms with Crippen molar-refractivity contribution in [2.24, 2.45) is 10.3 Å². The largest absolute Gasteiger partial charge is 0.263 e. The fraction of sp³-hybridized carbons (Fsp3) is 0.222. The second-order valence-electron chi connectivity index (χ2n) is 3.30. The summed E-state index contributed by atoms with van der Waals surface area (Å²) in [4.78, 5) is 0.165. The minimum Gasteiger partial charge on any atom is -0.254 e. The van der Waals surface area contributed by atoms with Gasteiger partial charge < -0.3 is 0 Å². The lowest BCUT2D eigenvalue weighted by Crippen LogP contribution is -2.39. The normalized spacial score (nSPS) is 14.9. The summed E-state index contributed by atoms with van der Waals surface area (Å²) in [5.41, 5.74) is 0. The van der Waals surface area contributed by atoms with E-state index in [0.717, 1.165) is 0 Å². The van der Waals surface area contributed by atoms with Gasteiger partial charge in [-0.3, -0.25) is 4.72 Å². The zero-order chi connectivity index (χ0) is 12.3. The van der Waals surface area contributed by atoms with E-state index in [1.54, 1.807) is 18.2 Å². The average molecular weight is 270 g/mol. The Labute approximate surface area is 104 Å². The lowest BCUT2D eigenvalue weighted by Gasteiger charge is -2.14. The van der Waals surface area contributed by atoms with Crippen molar-refractivity contribution in [3.63, 3.8) is 0 Å². The third kappa shape index (κ3) is 2.77. The second-order valence-corrected chi connectivity index (χ2v) is 5.37. The Morgan fingerprint density at radius 2 is 2.06 bits per heavy atom. The molecule has 0 saturated carbocycles. The van der Waals surface area contributed by atoms with Gasteiger partial charge in [0.25, 0.3) is 10.0 Å². The van der Waals surface area contributed by atoms with Crippen LogP contribution < -0.4 is 4.72 Å². The molecule has 8 heteroatoms. The summed E-state index contributed by atoms with van der Waals surface area (Å²) in [5, 5.41) is 8.80. The van der Waals surface area contributed by atoms with Crippen LogP contribution in [0.15, 0.2) is 45.6 Å². The molecule has 1 aliphatic rings. The Bertz CT molecular complexity index is 541. The molecule has 0 aliphatic carbocycles. The third-order valence-electron chi connectivity index (χ3n) is 2.09. The molecule has 90 valence electrons. The van der Waals surface area contributed by atoms with Gasteiger partial charge in [-0.15, -0.1) is 0 Å². The van der Waals surface area contributed by atoms with Gasteiger partial charge in [0.2, 0.25) is 5.11 Å². The zero-order valence-corrected chi connectivity index (χ0v) is 10.4. The van der Waals surface area contributed by atoms with Crippen molar-refractivity contribution in [3.05, 3.63) is 30.3 Å². The van der Waals surface area contributed by atoms with Gasteiger partial charge in [0.1, 0.15) is 0 Å². The van der Waals surface area contributed by atoms with E-state index in [-0.39, 0.29) is 10.0 Å². The molecule has 1 aromatic rings. The Kier molecular flexibility index (Phi) is 3.34. The van der Waals surface area contributed by atoms with Gasteiger partial charge in [-0.25, -0.2) is 13.4 Å². The van der Waals surface area contributed by atoms with Crippen LogP contribution in [0.3, 0.4) is 0 Å². The number of rotatable bonds is 2. The molecule has 0 atom stereocenters. The van der Waals surface area contributed by atoms with Crippen molar-refractivity contribution in [1.82, 2.24) is 9.73 Å². The molecule has 17 heavy (non-hydrogen) atoms. The van der Waals surface area contributed by atoms with Gasteiger partial charge in [0.05, 0.1) is 18.0 Å². The van der Waals surface area contributed by atoms with Crippen LogP contribution in [0.25, 0.3) is 0 Å². The molecule has 0 fully saturated rings. The molecule has 0 amide bonds. The quantitative estimate of drug-likeness (QED) is 0.811. The van der Waals surface area contributed by atoms with Crippen LogP contribution in [-0.4, -0.2) is 31.6 Å². The number of hydrogen-bond donors (Lipinski definition) is 1. The summed E-state index contributed by atoms with van der Waals surface area (Å²) in [5.74, 6) is 0. The van der Waals surface area contributed by atoms with E-state index in [0.29, 0.717) is 13.1 Å². The van der Waals surface area contributed by atoms with E-state index in [2.05, 4.69) is 15.1 Å². The Morgan fingerprint density at radius 3 is 2.65 bits per heavy atom. The monoisotopic (exact) mass is 270 g/mol. The molecular weight excluding hydrogens is 260 g/mol.